The number of ether oxygens (including phenoxy) is 1. The van der Waals surface area contributed by atoms with Crippen molar-refractivity contribution >= 4 is 33.1 Å². The van der Waals surface area contributed by atoms with Crippen molar-refractivity contribution in [1.82, 2.24) is 0 Å². The topological polar surface area (TPSA) is 92.5 Å². The lowest BCUT2D eigenvalue weighted by Crippen LogP contribution is -2.10. The van der Waals surface area contributed by atoms with Crippen LogP contribution in [0.15, 0.2) is 12.3 Å². The third-order valence-corrected chi connectivity index (χ3v) is 3.48. The lowest BCUT2D eigenvalue weighted by atomic mass is 10.2. The van der Waals surface area contributed by atoms with E-state index in [1.807, 2.05) is 6.92 Å². The number of amides is 1. The minimum absolute atomic E-state index is 0.365. The van der Waals surface area contributed by atoms with Gasteiger partial charge in [0.05, 0.1) is 12.3 Å². The third-order valence-electron chi connectivity index (χ3n) is 2.33. The summed E-state index contributed by atoms with van der Waals surface area (Å²) in [6, 6.07) is 1.80. The highest BCUT2D eigenvalue weighted by Crippen LogP contribution is 2.36. The zero-order valence-electron chi connectivity index (χ0n) is 9.45. The van der Waals surface area contributed by atoms with Crippen molar-refractivity contribution in [3.8, 4) is 5.75 Å². The summed E-state index contributed by atoms with van der Waals surface area (Å²) in [6.07, 6.45) is 2.67. The smallest absolute Gasteiger partial charge is 0.273 e. The van der Waals surface area contributed by atoms with Crippen molar-refractivity contribution in [2.24, 2.45) is 5.73 Å². The van der Waals surface area contributed by atoms with Gasteiger partial charge in [-0.15, -0.1) is 0 Å². The van der Waals surface area contributed by atoms with Crippen molar-refractivity contribution in [2.75, 3.05) is 12.3 Å². The Balaban J connectivity index is 2.58. The maximum atomic E-state index is 11.2. The summed E-state index contributed by atoms with van der Waals surface area (Å²) >= 11 is 1.24. The number of hydrogen-bond acceptors (Lipinski definition) is 4. The standard InChI is InChI=1S/C11H13N3O2S/c1-2-5-16-6-3-4-14-11-7(6)8(12)9(17-11)10(13)15/h3-4H,2,5,12H2,1H3,(H2,13,15)/p+1. The molecule has 0 saturated carbocycles. The Bertz CT molecular complexity index is 565. The number of aromatic nitrogens is 1. The van der Waals surface area contributed by atoms with Crippen LogP contribution in [-0.4, -0.2) is 12.5 Å². The second-order valence-electron chi connectivity index (χ2n) is 3.60. The van der Waals surface area contributed by atoms with Crippen molar-refractivity contribution in [1.29, 1.82) is 0 Å². The first-order valence-corrected chi connectivity index (χ1v) is 6.12. The lowest BCUT2D eigenvalue weighted by molar-refractivity contribution is -0.341. The molecule has 2 aromatic rings. The zero-order chi connectivity index (χ0) is 12.4. The maximum absolute atomic E-state index is 11.2. The molecule has 0 unspecified atom stereocenters. The average molecular weight is 252 g/mol. The van der Waals surface area contributed by atoms with Crippen LogP contribution in [0.25, 0.3) is 10.2 Å². The Kier molecular flexibility index (Phi) is 3.14. The Morgan fingerprint density at radius 1 is 1.59 bits per heavy atom. The Morgan fingerprint density at radius 3 is 3.00 bits per heavy atom. The van der Waals surface area contributed by atoms with Gasteiger partial charge in [0.1, 0.15) is 16.0 Å². The molecular weight excluding hydrogens is 238 g/mol. The number of carbonyl (C=O) groups excluding carboxylic acids is 1. The number of nitrogens with two attached hydrogens (primary N) is 2. The van der Waals surface area contributed by atoms with Gasteiger partial charge in [-0.25, -0.2) is 4.98 Å². The van der Waals surface area contributed by atoms with Crippen molar-refractivity contribution in [3.05, 3.63) is 17.1 Å². The van der Waals surface area contributed by atoms with E-state index in [1.54, 1.807) is 12.3 Å². The molecule has 0 aromatic carbocycles. The molecule has 2 aromatic heterocycles. The van der Waals surface area contributed by atoms with Crippen LogP contribution in [0, 0.1) is 0 Å². The number of thiophene rings is 1. The molecule has 5 N–H and O–H groups in total. The molecule has 0 radical (unpaired) electrons. The van der Waals surface area contributed by atoms with E-state index < -0.39 is 5.91 Å². The predicted molar refractivity (Wildman–Crippen MR) is 67.1 cm³/mol. The molecule has 6 heteroatoms. The van der Waals surface area contributed by atoms with Gasteiger partial charge in [-0.05, 0) is 6.42 Å². The molecule has 0 saturated heterocycles. The molecule has 2 heterocycles. The van der Waals surface area contributed by atoms with Crippen LogP contribution in [0.2, 0.25) is 0 Å². The molecule has 90 valence electrons. The normalized spacial score (nSPS) is 10.6. The van der Waals surface area contributed by atoms with Crippen LogP contribution in [-0.2, 0) is 0 Å². The summed E-state index contributed by atoms with van der Waals surface area (Å²) in [4.78, 5) is 15.4. The molecule has 2 rings (SSSR count). The molecule has 5 nitrogen and oxygen atoms in total. The minimum Gasteiger partial charge on any atom is -0.492 e. The van der Waals surface area contributed by atoms with Crippen molar-refractivity contribution in [2.45, 2.75) is 13.3 Å². The number of nitrogens with one attached hydrogen (secondary N) is 1. The van der Waals surface area contributed by atoms with E-state index in [1.165, 1.54) is 11.3 Å². The molecule has 0 spiro atoms. The fraction of sp³-hybridized carbons (Fsp3) is 0.273. The van der Waals surface area contributed by atoms with Gasteiger partial charge in [-0.3, -0.25) is 4.79 Å². The van der Waals surface area contributed by atoms with E-state index in [-0.39, 0.29) is 0 Å². The van der Waals surface area contributed by atoms with E-state index >= 15 is 0 Å². The highest BCUT2D eigenvalue weighted by molar-refractivity contribution is 7.20. The van der Waals surface area contributed by atoms with Gasteiger partial charge in [-0.2, -0.15) is 0 Å². The molecule has 1 amide bonds. The van der Waals surface area contributed by atoms with E-state index in [9.17, 15) is 4.79 Å². The average Bonchev–Trinajstić information content (AvgIpc) is 2.65. The van der Waals surface area contributed by atoms with E-state index in [4.69, 9.17) is 16.2 Å². The molecule has 17 heavy (non-hydrogen) atoms. The summed E-state index contributed by atoms with van der Waals surface area (Å²) in [5.41, 5.74) is 11.6. The fourth-order valence-corrected chi connectivity index (χ4v) is 2.54. The van der Waals surface area contributed by atoms with Crippen LogP contribution in [0.1, 0.15) is 23.0 Å². The van der Waals surface area contributed by atoms with Crippen molar-refractivity contribution in [3.63, 3.8) is 0 Å². The van der Waals surface area contributed by atoms with Crippen LogP contribution in [0.3, 0.4) is 0 Å². The number of nitrogen functional groups attached to an aromatic ring is 1. The molecule has 0 aliphatic heterocycles. The second kappa shape index (κ2) is 4.58. The Hall–Kier alpha value is -1.82. The molecule has 0 bridgehead atoms. The van der Waals surface area contributed by atoms with E-state index in [2.05, 4.69) is 4.98 Å². The SMILES string of the molecule is CCCOc1cc[nH+]c2sc(C(N)=O)c(N)c12. The number of pyridine rings is 1. The fourth-order valence-electron chi connectivity index (χ4n) is 1.58. The minimum atomic E-state index is -0.515. The summed E-state index contributed by atoms with van der Waals surface area (Å²) < 4.78 is 5.60. The van der Waals surface area contributed by atoms with Gasteiger partial charge in [0, 0.05) is 6.07 Å². The molecule has 0 fully saturated rings. The quantitative estimate of drug-likeness (QED) is 0.855. The Morgan fingerprint density at radius 2 is 2.35 bits per heavy atom. The van der Waals surface area contributed by atoms with E-state index in [0.29, 0.717) is 22.9 Å². The predicted octanol–water partition coefficient (Wildman–Crippen LogP) is 1.19. The molecule has 0 aliphatic carbocycles. The van der Waals surface area contributed by atoms with Crippen LogP contribution in [0.5, 0.6) is 5.75 Å². The lowest BCUT2D eigenvalue weighted by Gasteiger charge is -2.03. The number of primary amides is 1. The zero-order valence-corrected chi connectivity index (χ0v) is 10.3. The monoisotopic (exact) mass is 252 g/mol. The number of anilines is 1. The summed E-state index contributed by atoms with van der Waals surface area (Å²) in [5, 5.41) is 0.736. The largest absolute Gasteiger partial charge is 0.492 e. The van der Waals surface area contributed by atoms with Crippen molar-refractivity contribution < 1.29 is 14.5 Å². The summed E-state index contributed by atoms with van der Waals surface area (Å²) in [5.74, 6) is 0.167. The summed E-state index contributed by atoms with van der Waals surface area (Å²) in [6.45, 7) is 2.64. The number of aromatic amines is 1. The molecule has 0 atom stereocenters. The van der Waals surface area contributed by atoms with Gasteiger partial charge >= 0.3 is 0 Å². The first-order chi connectivity index (χ1) is 8.15. The first-order valence-electron chi connectivity index (χ1n) is 5.30. The number of hydrogen-bond donors (Lipinski definition) is 2. The van der Waals surface area contributed by atoms with Crippen LogP contribution < -0.4 is 21.2 Å². The number of rotatable bonds is 4. The van der Waals surface area contributed by atoms with Gasteiger partial charge in [0.15, 0.2) is 6.20 Å². The van der Waals surface area contributed by atoms with Crippen LogP contribution in [0.4, 0.5) is 5.69 Å². The van der Waals surface area contributed by atoms with Gasteiger partial charge < -0.3 is 16.2 Å². The van der Waals surface area contributed by atoms with Gasteiger partial charge in [0.2, 0.25) is 0 Å². The van der Waals surface area contributed by atoms with Crippen LogP contribution >= 0.6 is 11.3 Å². The molecular formula is C11H14N3O2S+. The number of fused-ring (bicyclic) bond motifs is 1. The van der Waals surface area contributed by atoms with Gasteiger partial charge in [-0.1, -0.05) is 18.3 Å². The second-order valence-corrected chi connectivity index (χ2v) is 4.62. The third kappa shape index (κ3) is 2.03. The van der Waals surface area contributed by atoms with E-state index in [0.717, 1.165) is 16.6 Å². The highest BCUT2D eigenvalue weighted by Gasteiger charge is 2.21. The number of carbonyl (C=O) groups is 1. The maximum Gasteiger partial charge on any atom is 0.273 e. The number of H-pyrrole nitrogens is 1. The van der Waals surface area contributed by atoms with Gasteiger partial charge in [0.25, 0.3) is 10.7 Å². The first kappa shape index (κ1) is 11.7. The Labute approximate surface area is 102 Å². The molecule has 0 aliphatic rings. The summed E-state index contributed by atoms with van der Waals surface area (Å²) in [7, 11) is 0. The highest BCUT2D eigenvalue weighted by atomic mass is 32.1.